The van der Waals surface area contributed by atoms with Gasteiger partial charge in [-0.3, -0.25) is 10.1 Å². The van der Waals surface area contributed by atoms with E-state index in [0.717, 1.165) is 12.8 Å². The zero-order valence-corrected chi connectivity index (χ0v) is 12.5. The number of rotatable bonds is 5. The fourth-order valence-corrected chi connectivity index (χ4v) is 2.41. The van der Waals surface area contributed by atoms with Crippen LogP contribution in [0.2, 0.25) is 0 Å². The lowest BCUT2D eigenvalue weighted by atomic mass is 9.94. The number of hydrogen-bond donors (Lipinski definition) is 2. The van der Waals surface area contributed by atoms with Gasteiger partial charge in [0.25, 0.3) is 0 Å². The van der Waals surface area contributed by atoms with E-state index in [2.05, 4.69) is 20.6 Å². The average molecular weight is 295 g/mol. The van der Waals surface area contributed by atoms with Crippen molar-refractivity contribution in [3.8, 4) is 0 Å². The van der Waals surface area contributed by atoms with Crippen LogP contribution in [0.15, 0.2) is 6.20 Å². The fourth-order valence-electron chi connectivity index (χ4n) is 2.41. The summed E-state index contributed by atoms with van der Waals surface area (Å²) in [6.45, 7) is 7.22. The molecule has 1 saturated heterocycles. The van der Waals surface area contributed by atoms with Gasteiger partial charge in [-0.25, -0.2) is 4.98 Å². The van der Waals surface area contributed by atoms with Crippen LogP contribution in [0.25, 0.3) is 0 Å². The molecule has 2 heterocycles. The number of hydrogen-bond acceptors (Lipinski definition) is 7. The number of nitro groups is 1. The van der Waals surface area contributed by atoms with Crippen molar-refractivity contribution in [3.63, 3.8) is 0 Å². The third-order valence-electron chi connectivity index (χ3n) is 3.34. The summed E-state index contributed by atoms with van der Waals surface area (Å²) in [6, 6.07) is 0.0943. The molecule has 1 aromatic heterocycles. The largest absolute Gasteiger partial charge is 0.375 e. The van der Waals surface area contributed by atoms with Crippen LogP contribution in [-0.2, 0) is 4.74 Å². The van der Waals surface area contributed by atoms with E-state index in [0.29, 0.717) is 19.1 Å². The molecule has 1 aliphatic rings. The Kier molecular flexibility index (Phi) is 4.56. The molecule has 21 heavy (non-hydrogen) atoms. The minimum Gasteiger partial charge on any atom is -0.375 e. The first-order valence-electron chi connectivity index (χ1n) is 7.07. The first-order valence-corrected chi connectivity index (χ1v) is 7.07. The molecule has 2 rings (SSSR count). The highest BCUT2D eigenvalue weighted by Gasteiger charge is 2.30. The molecule has 2 N–H and O–H groups in total. The minimum absolute atomic E-state index is 0.0943. The van der Waals surface area contributed by atoms with Crippen molar-refractivity contribution in [1.29, 1.82) is 0 Å². The van der Waals surface area contributed by atoms with E-state index in [4.69, 9.17) is 4.74 Å². The summed E-state index contributed by atoms with van der Waals surface area (Å²) in [6.07, 6.45) is 2.80. The van der Waals surface area contributed by atoms with Crippen LogP contribution >= 0.6 is 0 Å². The van der Waals surface area contributed by atoms with Crippen molar-refractivity contribution in [1.82, 2.24) is 9.97 Å². The molecule has 1 fully saturated rings. The lowest BCUT2D eigenvalue weighted by Crippen LogP contribution is -2.40. The number of ether oxygens (including phenoxy) is 1. The zero-order valence-electron chi connectivity index (χ0n) is 12.5. The standard InChI is InChI=1S/C13H21N5O3/c1-4-14-12-15-8-10(18(19)20)11(17-12)16-9-5-6-21-13(2,3)7-9/h8-9H,4-7H2,1-3H3,(H2,14,15,16,17). The minimum atomic E-state index is -0.470. The summed E-state index contributed by atoms with van der Waals surface area (Å²) in [5.41, 5.74) is -0.344. The van der Waals surface area contributed by atoms with Crippen LogP contribution < -0.4 is 10.6 Å². The molecule has 0 spiro atoms. The third-order valence-corrected chi connectivity index (χ3v) is 3.34. The predicted octanol–water partition coefficient (Wildman–Crippen LogP) is 2.19. The van der Waals surface area contributed by atoms with E-state index in [9.17, 15) is 10.1 Å². The molecular formula is C13H21N5O3. The van der Waals surface area contributed by atoms with Gasteiger partial charge >= 0.3 is 5.69 Å². The van der Waals surface area contributed by atoms with Crippen LogP contribution in [-0.4, -0.2) is 39.7 Å². The monoisotopic (exact) mass is 295 g/mol. The topological polar surface area (TPSA) is 102 Å². The molecule has 116 valence electrons. The van der Waals surface area contributed by atoms with Crippen molar-refractivity contribution >= 4 is 17.5 Å². The Morgan fingerprint density at radius 3 is 2.95 bits per heavy atom. The molecule has 8 heteroatoms. The predicted molar refractivity (Wildman–Crippen MR) is 79.5 cm³/mol. The average Bonchev–Trinajstić information content (AvgIpc) is 2.37. The van der Waals surface area contributed by atoms with Gasteiger partial charge in [0.05, 0.1) is 10.5 Å². The van der Waals surface area contributed by atoms with Crippen LogP contribution in [0.5, 0.6) is 0 Å². The van der Waals surface area contributed by atoms with E-state index in [1.54, 1.807) is 0 Å². The Morgan fingerprint density at radius 2 is 2.33 bits per heavy atom. The quantitative estimate of drug-likeness (QED) is 0.634. The lowest BCUT2D eigenvalue weighted by Gasteiger charge is -2.35. The number of nitrogens with one attached hydrogen (secondary N) is 2. The summed E-state index contributed by atoms with van der Waals surface area (Å²) in [4.78, 5) is 18.8. The molecule has 1 aromatic rings. The second-order valence-electron chi connectivity index (χ2n) is 5.66. The Labute approximate surface area is 123 Å². The van der Waals surface area contributed by atoms with Gasteiger partial charge in [0.2, 0.25) is 11.8 Å². The molecule has 0 saturated carbocycles. The van der Waals surface area contributed by atoms with Crippen LogP contribution in [0.1, 0.15) is 33.6 Å². The van der Waals surface area contributed by atoms with Gasteiger partial charge in [0, 0.05) is 19.2 Å². The molecule has 8 nitrogen and oxygen atoms in total. The van der Waals surface area contributed by atoms with E-state index in [-0.39, 0.29) is 23.1 Å². The highest BCUT2D eigenvalue weighted by Crippen LogP contribution is 2.29. The maximum atomic E-state index is 11.1. The van der Waals surface area contributed by atoms with E-state index >= 15 is 0 Å². The van der Waals surface area contributed by atoms with Crippen molar-refractivity contribution in [2.24, 2.45) is 0 Å². The molecule has 1 atom stereocenters. The Balaban J connectivity index is 2.20. The number of nitrogens with zero attached hydrogens (tertiary/aromatic N) is 3. The Hall–Kier alpha value is -1.96. The molecule has 0 bridgehead atoms. The molecule has 0 aliphatic carbocycles. The Morgan fingerprint density at radius 1 is 1.57 bits per heavy atom. The highest BCUT2D eigenvalue weighted by atomic mass is 16.6. The maximum Gasteiger partial charge on any atom is 0.329 e. The molecule has 1 aliphatic heterocycles. The molecule has 1 unspecified atom stereocenters. The normalized spacial score (nSPS) is 20.8. The van der Waals surface area contributed by atoms with Crippen LogP contribution in [0.3, 0.4) is 0 Å². The summed E-state index contributed by atoms with van der Waals surface area (Å²) in [7, 11) is 0. The first kappa shape index (κ1) is 15.4. The summed E-state index contributed by atoms with van der Waals surface area (Å²) < 4.78 is 5.65. The zero-order chi connectivity index (χ0) is 15.5. The highest BCUT2D eigenvalue weighted by molar-refractivity contribution is 5.57. The fraction of sp³-hybridized carbons (Fsp3) is 0.692. The lowest BCUT2D eigenvalue weighted by molar-refractivity contribution is -0.384. The summed E-state index contributed by atoms with van der Waals surface area (Å²) in [5, 5.41) is 17.2. The number of anilines is 2. The molecular weight excluding hydrogens is 274 g/mol. The van der Waals surface area contributed by atoms with Gasteiger partial charge in [-0.1, -0.05) is 0 Å². The van der Waals surface area contributed by atoms with Crippen molar-refractivity contribution in [2.75, 3.05) is 23.8 Å². The SMILES string of the molecule is CCNc1ncc([N+](=O)[O-])c(NC2CCOC(C)(C)C2)n1. The second kappa shape index (κ2) is 6.21. The maximum absolute atomic E-state index is 11.1. The van der Waals surface area contributed by atoms with Crippen molar-refractivity contribution in [3.05, 3.63) is 16.3 Å². The van der Waals surface area contributed by atoms with Crippen LogP contribution in [0, 0.1) is 10.1 Å². The molecule has 0 radical (unpaired) electrons. The van der Waals surface area contributed by atoms with Gasteiger partial charge in [0.1, 0.15) is 6.20 Å². The number of aromatic nitrogens is 2. The summed E-state index contributed by atoms with van der Waals surface area (Å²) >= 11 is 0. The van der Waals surface area contributed by atoms with Crippen molar-refractivity contribution < 1.29 is 9.66 Å². The Bertz CT molecular complexity index is 521. The van der Waals surface area contributed by atoms with E-state index in [1.807, 2.05) is 20.8 Å². The van der Waals surface area contributed by atoms with Gasteiger partial charge in [-0.2, -0.15) is 4.98 Å². The van der Waals surface area contributed by atoms with Crippen LogP contribution in [0.4, 0.5) is 17.5 Å². The van der Waals surface area contributed by atoms with Gasteiger partial charge in [-0.05, 0) is 33.6 Å². The second-order valence-corrected chi connectivity index (χ2v) is 5.66. The molecule has 0 amide bonds. The third kappa shape index (κ3) is 4.01. The summed E-state index contributed by atoms with van der Waals surface area (Å²) in [5.74, 6) is 0.644. The van der Waals surface area contributed by atoms with Gasteiger partial charge < -0.3 is 15.4 Å². The van der Waals surface area contributed by atoms with E-state index < -0.39 is 4.92 Å². The van der Waals surface area contributed by atoms with Gasteiger partial charge in [-0.15, -0.1) is 0 Å². The van der Waals surface area contributed by atoms with E-state index in [1.165, 1.54) is 6.20 Å². The van der Waals surface area contributed by atoms with Gasteiger partial charge in [0.15, 0.2) is 0 Å². The van der Waals surface area contributed by atoms with Crippen molar-refractivity contribution in [2.45, 2.75) is 45.3 Å². The molecule has 0 aromatic carbocycles. The smallest absolute Gasteiger partial charge is 0.329 e. The first-order chi connectivity index (χ1) is 9.91.